The molecule has 1 aromatic carbocycles. The van der Waals surface area contributed by atoms with E-state index in [0.29, 0.717) is 13.2 Å². The number of benzene rings is 1. The maximum Gasteiger partial charge on any atom is 0.119 e. The summed E-state index contributed by atoms with van der Waals surface area (Å²) in [6.07, 6.45) is 1.30. The van der Waals surface area contributed by atoms with E-state index in [1.165, 1.54) is 38.2 Å². The zero-order chi connectivity index (χ0) is 15.9. The molecule has 6 heteroatoms. The van der Waals surface area contributed by atoms with Gasteiger partial charge in [0.2, 0.25) is 0 Å². The average Bonchev–Trinajstić information content (AvgIpc) is 3.05. The van der Waals surface area contributed by atoms with E-state index in [0.717, 1.165) is 31.4 Å². The summed E-state index contributed by atoms with van der Waals surface area (Å²) in [4.78, 5) is 5.22. The zero-order valence-corrected chi connectivity index (χ0v) is 15.4. The number of likely N-dealkylation sites (tertiary alicyclic amines) is 1. The van der Waals surface area contributed by atoms with Crippen molar-refractivity contribution in [2.24, 2.45) is 0 Å². The maximum absolute atomic E-state index is 5.71. The molecule has 3 rings (SSSR count). The van der Waals surface area contributed by atoms with Crippen LogP contribution in [0.25, 0.3) is 0 Å². The van der Waals surface area contributed by atoms with E-state index in [9.17, 15) is 0 Å². The Balaban J connectivity index is 0.00000208. The van der Waals surface area contributed by atoms with Crippen molar-refractivity contribution in [1.29, 1.82) is 0 Å². The fourth-order valence-corrected chi connectivity index (χ4v) is 3.54. The van der Waals surface area contributed by atoms with Crippen LogP contribution in [0.1, 0.15) is 12.0 Å². The number of piperazine rings is 1. The molecule has 2 saturated heterocycles. The number of methoxy groups -OCH3 is 1. The van der Waals surface area contributed by atoms with Crippen LogP contribution < -0.4 is 10.1 Å². The largest absolute Gasteiger partial charge is 0.491 e. The molecule has 0 saturated carbocycles. The minimum atomic E-state index is 0. The number of rotatable bonds is 7. The lowest BCUT2D eigenvalue weighted by Gasteiger charge is -2.32. The van der Waals surface area contributed by atoms with Crippen molar-refractivity contribution in [2.45, 2.75) is 19.0 Å². The number of nitrogens with zero attached hydrogens (tertiary/aromatic N) is 2. The number of halogens is 1. The molecule has 2 fully saturated rings. The van der Waals surface area contributed by atoms with Crippen LogP contribution in [0.5, 0.6) is 5.75 Å². The van der Waals surface area contributed by atoms with E-state index in [4.69, 9.17) is 9.47 Å². The number of hydrogen-bond donors (Lipinski definition) is 1. The highest BCUT2D eigenvalue weighted by molar-refractivity contribution is 5.85. The van der Waals surface area contributed by atoms with Crippen molar-refractivity contribution in [3.8, 4) is 5.75 Å². The molecule has 1 atom stereocenters. The summed E-state index contributed by atoms with van der Waals surface area (Å²) in [5.74, 6) is 0.942. The monoisotopic (exact) mass is 355 g/mol. The fraction of sp³-hybridized carbons (Fsp3) is 0.667. The SMILES string of the molecule is COCCOc1cccc(CN2CCC(N3CCNCC3)C2)c1.Cl. The molecule has 0 radical (unpaired) electrons. The minimum absolute atomic E-state index is 0. The second-order valence-corrected chi connectivity index (χ2v) is 6.45. The van der Waals surface area contributed by atoms with Gasteiger partial charge in [-0.3, -0.25) is 9.80 Å². The number of nitrogens with one attached hydrogen (secondary N) is 1. The maximum atomic E-state index is 5.71. The van der Waals surface area contributed by atoms with E-state index in [1.807, 2.05) is 6.07 Å². The van der Waals surface area contributed by atoms with Gasteiger partial charge < -0.3 is 14.8 Å². The molecule has 136 valence electrons. The van der Waals surface area contributed by atoms with Crippen molar-refractivity contribution in [2.75, 3.05) is 59.6 Å². The van der Waals surface area contributed by atoms with Gasteiger partial charge in [-0.05, 0) is 24.1 Å². The minimum Gasteiger partial charge on any atom is -0.491 e. The number of ether oxygens (including phenoxy) is 2. The van der Waals surface area contributed by atoms with Crippen LogP contribution in [-0.2, 0) is 11.3 Å². The fourth-order valence-electron chi connectivity index (χ4n) is 3.54. The molecule has 1 N–H and O–H groups in total. The van der Waals surface area contributed by atoms with Crippen LogP contribution in [0.15, 0.2) is 24.3 Å². The normalized spacial score (nSPS) is 22.3. The Morgan fingerprint density at radius 1 is 1.17 bits per heavy atom. The van der Waals surface area contributed by atoms with Gasteiger partial charge >= 0.3 is 0 Å². The third kappa shape index (κ3) is 5.60. The van der Waals surface area contributed by atoms with E-state index in [1.54, 1.807) is 7.11 Å². The van der Waals surface area contributed by atoms with Crippen molar-refractivity contribution < 1.29 is 9.47 Å². The zero-order valence-electron chi connectivity index (χ0n) is 14.6. The van der Waals surface area contributed by atoms with Crippen LogP contribution in [0.4, 0.5) is 0 Å². The molecular formula is C18H30ClN3O2. The van der Waals surface area contributed by atoms with Gasteiger partial charge in [0.25, 0.3) is 0 Å². The van der Waals surface area contributed by atoms with Crippen LogP contribution in [0, 0.1) is 0 Å². The predicted octanol–water partition coefficient (Wildman–Crippen LogP) is 1.61. The molecule has 5 nitrogen and oxygen atoms in total. The Labute approximate surface area is 151 Å². The Hall–Kier alpha value is -0.850. The lowest BCUT2D eigenvalue weighted by Crippen LogP contribution is -2.49. The van der Waals surface area contributed by atoms with Crippen LogP contribution in [0.3, 0.4) is 0 Å². The van der Waals surface area contributed by atoms with Gasteiger partial charge in [-0.1, -0.05) is 12.1 Å². The standard InChI is InChI=1S/C18H29N3O2.ClH/c1-22-11-12-23-18-4-2-3-16(13-18)14-20-8-5-17(15-20)21-9-6-19-7-10-21;/h2-4,13,17,19H,5-12,14-15H2,1H3;1H. The van der Waals surface area contributed by atoms with Gasteiger partial charge in [-0.2, -0.15) is 0 Å². The van der Waals surface area contributed by atoms with Gasteiger partial charge in [0.1, 0.15) is 12.4 Å². The summed E-state index contributed by atoms with van der Waals surface area (Å²) in [5.41, 5.74) is 1.33. The van der Waals surface area contributed by atoms with Gasteiger partial charge in [0.05, 0.1) is 6.61 Å². The Bertz CT molecular complexity index is 483. The van der Waals surface area contributed by atoms with Crippen LogP contribution in [0.2, 0.25) is 0 Å². The third-order valence-electron chi connectivity index (χ3n) is 4.78. The molecule has 0 spiro atoms. The number of hydrogen-bond acceptors (Lipinski definition) is 5. The van der Waals surface area contributed by atoms with Crippen molar-refractivity contribution in [3.63, 3.8) is 0 Å². The van der Waals surface area contributed by atoms with Crippen LogP contribution >= 0.6 is 12.4 Å². The van der Waals surface area contributed by atoms with E-state index in [2.05, 4.69) is 33.3 Å². The van der Waals surface area contributed by atoms with Gasteiger partial charge in [0.15, 0.2) is 0 Å². The molecule has 0 aromatic heterocycles. The second kappa shape index (κ2) is 10.2. The summed E-state index contributed by atoms with van der Waals surface area (Å²) in [6.45, 7) is 9.30. The highest BCUT2D eigenvalue weighted by Gasteiger charge is 2.28. The first-order valence-electron chi connectivity index (χ1n) is 8.73. The molecule has 1 unspecified atom stereocenters. The quantitative estimate of drug-likeness (QED) is 0.752. The summed E-state index contributed by atoms with van der Waals surface area (Å²) < 4.78 is 10.7. The lowest BCUT2D eigenvalue weighted by molar-refractivity contribution is 0.146. The molecule has 2 heterocycles. The lowest BCUT2D eigenvalue weighted by atomic mass is 10.2. The Kier molecular flexibility index (Phi) is 8.29. The molecule has 0 amide bonds. The molecule has 0 aliphatic carbocycles. The van der Waals surface area contributed by atoms with Crippen molar-refractivity contribution >= 4 is 12.4 Å². The first-order chi connectivity index (χ1) is 11.3. The van der Waals surface area contributed by atoms with Crippen molar-refractivity contribution in [1.82, 2.24) is 15.1 Å². The molecule has 2 aliphatic heterocycles. The molecule has 24 heavy (non-hydrogen) atoms. The summed E-state index contributed by atoms with van der Waals surface area (Å²) in [7, 11) is 1.70. The summed E-state index contributed by atoms with van der Waals surface area (Å²) in [6, 6.07) is 9.20. The smallest absolute Gasteiger partial charge is 0.119 e. The van der Waals surface area contributed by atoms with E-state index in [-0.39, 0.29) is 12.4 Å². The van der Waals surface area contributed by atoms with Crippen molar-refractivity contribution in [3.05, 3.63) is 29.8 Å². The second-order valence-electron chi connectivity index (χ2n) is 6.45. The molecule has 2 aliphatic rings. The van der Waals surface area contributed by atoms with Gasteiger partial charge in [-0.15, -0.1) is 12.4 Å². The van der Waals surface area contributed by atoms with Crippen LogP contribution in [-0.4, -0.2) is 75.4 Å². The Morgan fingerprint density at radius 2 is 2.00 bits per heavy atom. The van der Waals surface area contributed by atoms with Gasteiger partial charge in [-0.25, -0.2) is 0 Å². The Morgan fingerprint density at radius 3 is 2.79 bits per heavy atom. The predicted molar refractivity (Wildman–Crippen MR) is 99.2 cm³/mol. The first kappa shape index (κ1) is 19.5. The van der Waals surface area contributed by atoms with Gasteiger partial charge in [0, 0.05) is 59.0 Å². The van der Waals surface area contributed by atoms with E-state index < -0.39 is 0 Å². The summed E-state index contributed by atoms with van der Waals surface area (Å²) in [5, 5.41) is 3.44. The first-order valence-corrected chi connectivity index (χ1v) is 8.73. The molecule has 0 bridgehead atoms. The average molecular weight is 356 g/mol. The summed E-state index contributed by atoms with van der Waals surface area (Å²) >= 11 is 0. The molecular weight excluding hydrogens is 326 g/mol. The highest BCUT2D eigenvalue weighted by Crippen LogP contribution is 2.20. The molecule has 1 aromatic rings. The van der Waals surface area contributed by atoms with E-state index >= 15 is 0 Å². The highest BCUT2D eigenvalue weighted by atomic mass is 35.5. The third-order valence-corrected chi connectivity index (χ3v) is 4.78. The topological polar surface area (TPSA) is 37.0 Å².